The molecule has 2 aromatic heterocycles. The largest absolute Gasteiger partial charge is 0.489 e. The summed E-state index contributed by atoms with van der Waals surface area (Å²) in [4.78, 5) is 6.99. The molecule has 0 aliphatic heterocycles. The lowest BCUT2D eigenvalue weighted by molar-refractivity contribution is 0.304. The minimum absolute atomic E-state index is 0.525. The first kappa shape index (κ1) is 16.2. The summed E-state index contributed by atoms with van der Waals surface area (Å²) in [7, 11) is 0. The number of aromatic nitrogens is 2. The van der Waals surface area contributed by atoms with Gasteiger partial charge in [-0.2, -0.15) is 0 Å². The van der Waals surface area contributed by atoms with Crippen LogP contribution < -0.4 is 4.74 Å². The van der Waals surface area contributed by atoms with E-state index in [4.69, 9.17) is 21.3 Å². The molecule has 2 heterocycles. The van der Waals surface area contributed by atoms with Gasteiger partial charge >= 0.3 is 0 Å². The van der Waals surface area contributed by atoms with E-state index in [0.29, 0.717) is 6.61 Å². The number of benzene rings is 2. The topological polar surface area (TPSA) is 26.5 Å². The van der Waals surface area contributed by atoms with E-state index in [0.717, 1.165) is 38.1 Å². The zero-order valence-electron chi connectivity index (χ0n) is 14.0. The van der Waals surface area contributed by atoms with E-state index in [2.05, 4.69) is 42.8 Å². The Morgan fingerprint density at radius 3 is 2.60 bits per heavy atom. The van der Waals surface area contributed by atoms with Crippen molar-refractivity contribution in [1.29, 1.82) is 0 Å². The fourth-order valence-electron chi connectivity index (χ4n) is 2.76. The number of nitrogens with zero attached hydrogens (tertiary/aromatic N) is 2. The van der Waals surface area contributed by atoms with E-state index >= 15 is 0 Å². The Bertz CT molecular complexity index is 1000. The van der Waals surface area contributed by atoms with Gasteiger partial charge in [0.2, 0.25) is 0 Å². The molecule has 4 aromatic rings. The molecular weight excluding hydrogens is 352 g/mol. The van der Waals surface area contributed by atoms with Gasteiger partial charge in [0.25, 0.3) is 0 Å². The number of rotatable bonds is 4. The average molecular weight is 369 g/mol. The summed E-state index contributed by atoms with van der Waals surface area (Å²) in [6.45, 7) is 4.68. The Morgan fingerprint density at radius 1 is 1.08 bits per heavy atom. The SMILES string of the molecule is Cc1cn2cc(-c3ccc(OCc4ccc(Cl)cc4)c(C)c3)nc2s1. The lowest BCUT2D eigenvalue weighted by atomic mass is 10.1. The molecule has 0 atom stereocenters. The summed E-state index contributed by atoms with van der Waals surface area (Å²) in [5.41, 5.74) is 4.28. The molecule has 0 radical (unpaired) electrons. The van der Waals surface area contributed by atoms with Crippen LogP contribution in [0.25, 0.3) is 16.2 Å². The second-order valence-corrected chi connectivity index (χ2v) is 7.70. The molecule has 3 nitrogen and oxygen atoms in total. The van der Waals surface area contributed by atoms with Crippen molar-refractivity contribution in [2.75, 3.05) is 0 Å². The smallest absolute Gasteiger partial charge is 0.194 e. The van der Waals surface area contributed by atoms with Crippen molar-refractivity contribution in [3.8, 4) is 17.0 Å². The van der Waals surface area contributed by atoms with E-state index in [-0.39, 0.29) is 0 Å². The summed E-state index contributed by atoms with van der Waals surface area (Å²) in [5.74, 6) is 0.885. The molecule has 0 aliphatic rings. The highest BCUT2D eigenvalue weighted by Crippen LogP contribution is 2.28. The van der Waals surface area contributed by atoms with Gasteiger partial charge in [0.05, 0.1) is 5.69 Å². The molecule has 25 heavy (non-hydrogen) atoms. The Morgan fingerprint density at radius 2 is 1.88 bits per heavy atom. The lowest BCUT2D eigenvalue weighted by Crippen LogP contribution is -1.97. The van der Waals surface area contributed by atoms with E-state index < -0.39 is 0 Å². The molecule has 0 bridgehead atoms. The van der Waals surface area contributed by atoms with Crippen LogP contribution >= 0.6 is 22.9 Å². The third-order valence-corrected chi connectivity index (χ3v) is 5.21. The van der Waals surface area contributed by atoms with Gasteiger partial charge in [0.1, 0.15) is 12.4 Å². The number of halogens is 1. The average Bonchev–Trinajstić information content (AvgIpc) is 3.12. The molecular formula is C20H17ClN2OS. The van der Waals surface area contributed by atoms with Crippen LogP contribution in [0.4, 0.5) is 0 Å². The monoisotopic (exact) mass is 368 g/mol. The third-order valence-electron chi connectivity index (χ3n) is 4.05. The van der Waals surface area contributed by atoms with Crippen LogP contribution in [-0.2, 0) is 6.61 Å². The van der Waals surface area contributed by atoms with Crippen molar-refractivity contribution in [2.45, 2.75) is 20.5 Å². The van der Waals surface area contributed by atoms with Crippen molar-refractivity contribution < 1.29 is 4.74 Å². The first-order valence-electron chi connectivity index (χ1n) is 8.02. The molecule has 0 aliphatic carbocycles. The summed E-state index contributed by atoms with van der Waals surface area (Å²) in [5, 5.41) is 0.736. The normalized spacial score (nSPS) is 11.2. The van der Waals surface area contributed by atoms with Crippen LogP contribution in [0.15, 0.2) is 54.9 Å². The van der Waals surface area contributed by atoms with Gasteiger partial charge in [-0.05, 0) is 55.3 Å². The number of hydrogen-bond acceptors (Lipinski definition) is 3. The second kappa shape index (κ2) is 6.54. The Kier molecular flexibility index (Phi) is 4.24. The van der Waals surface area contributed by atoms with Crippen LogP contribution in [-0.4, -0.2) is 9.38 Å². The minimum Gasteiger partial charge on any atom is -0.489 e. The van der Waals surface area contributed by atoms with Gasteiger partial charge in [-0.15, -0.1) is 11.3 Å². The molecule has 0 N–H and O–H groups in total. The molecule has 5 heteroatoms. The van der Waals surface area contributed by atoms with Crippen molar-refractivity contribution in [3.63, 3.8) is 0 Å². The third kappa shape index (κ3) is 3.41. The van der Waals surface area contributed by atoms with Crippen molar-refractivity contribution in [2.24, 2.45) is 0 Å². The Balaban J connectivity index is 1.53. The maximum Gasteiger partial charge on any atom is 0.194 e. The lowest BCUT2D eigenvalue weighted by Gasteiger charge is -2.10. The highest BCUT2D eigenvalue weighted by molar-refractivity contribution is 7.17. The molecule has 0 fully saturated rings. The highest BCUT2D eigenvalue weighted by atomic mass is 35.5. The van der Waals surface area contributed by atoms with E-state index in [1.54, 1.807) is 11.3 Å². The van der Waals surface area contributed by atoms with Gasteiger partial charge in [-0.3, -0.25) is 4.40 Å². The Hall–Kier alpha value is -2.30. The van der Waals surface area contributed by atoms with E-state index in [9.17, 15) is 0 Å². The zero-order chi connectivity index (χ0) is 17.4. The fraction of sp³-hybridized carbons (Fsp3) is 0.150. The molecule has 0 saturated carbocycles. The van der Waals surface area contributed by atoms with Crippen LogP contribution in [0, 0.1) is 13.8 Å². The summed E-state index contributed by atoms with van der Waals surface area (Å²) in [6.07, 6.45) is 4.18. The Labute approximate surface area is 155 Å². The van der Waals surface area contributed by atoms with Crippen molar-refractivity contribution >= 4 is 27.9 Å². The quantitative estimate of drug-likeness (QED) is 0.447. The zero-order valence-corrected chi connectivity index (χ0v) is 15.6. The van der Waals surface area contributed by atoms with Gasteiger partial charge < -0.3 is 4.74 Å². The predicted octanol–water partition coefficient (Wildman–Crippen LogP) is 5.91. The van der Waals surface area contributed by atoms with Crippen LogP contribution in [0.5, 0.6) is 5.75 Å². The molecule has 0 unspecified atom stereocenters. The second-order valence-electron chi connectivity index (χ2n) is 6.05. The number of ether oxygens (including phenoxy) is 1. The fourth-order valence-corrected chi connectivity index (χ4v) is 3.70. The number of aryl methyl sites for hydroxylation is 2. The maximum atomic E-state index is 5.95. The van der Waals surface area contributed by atoms with E-state index in [1.807, 2.05) is 30.3 Å². The number of imidazole rings is 1. The number of thiazole rings is 1. The van der Waals surface area contributed by atoms with Crippen molar-refractivity contribution in [3.05, 3.63) is 75.9 Å². The van der Waals surface area contributed by atoms with Gasteiger partial charge in [0, 0.05) is 27.9 Å². The predicted molar refractivity (Wildman–Crippen MR) is 104 cm³/mol. The van der Waals surface area contributed by atoms with Gasteiger partial charge in [-0.25, -0.2) is 4.98 Å². The molecule has 4 rings (SSSR count). The summed E-state index contributed by atoms with van der Waals surface area (Å²) >= 11 is 7.61. The van der Waals surface area contributed by atoms with Crippen LogP contribution in [0.1, 0.15) is 16.0 Å². The molecule has 126 valence electrons. The summed E-state index contributed by atoms with van der Waals surface area (Å²) < 4.78 is 8.03. The molecule has 0 saturated heterocycles. The van der Waals surface area contributed by atoms with E-state index in [1.165, 1.54) is 4.88 Å². The highest BCUT2D eigenvalue weighted by Gasteiger charge is 2.09. The van der Waals surface area contributed by atoms with Crippen LogP contribution in [0.3, 0.4) is 0 Å². The maximum absolute atomic E-state index is 5.95. The first-order chi connectivity index (χ1) is 12.1. The number of hydrogen-bond donors (Lipinski definition) is 0. The van der Waals surface area contributed by atoms with Crippen molar-refractivity contribution in [1.82, 2.24) is 9.38 Å². The van der Waals surface area contributed by atoms with Gasteiger partial charge in [-0.1, -0.05) is 23.7 Å². The standard InChI is InChI=1S/C20H17ClN2OS/c1-13-9-16(18-11-23-10-14(2)25-20(23)22-18)5-8-19(13)24-12-15-3-6-17(21)7-4-15/h3-11H,12H2,1-2H3. The van der Waals surface area contributed by atoms with Crippen LogP contribution in [0.2, 0.25) is 5.02 Å². The molecule has 0 spiro atoms. The molecule has 0 amide bonds. The number of fused-ring (bicyclic) bond motifs is 1. The molecule has 2 aromatic carbocycles. The summed E-state index contributed by atoms with van der Waals surface area (Å²) in [6, 6.07) is 13.9. The van der Waals surface area contributed by atoms with Gasteiger partial charge in [0.15, 0.2) is 4.96 Å². The first-order valence-corrected chi connectivity index (χ1v) is 9.21. The minimum atomic E-state index is 0.525.